The maximum atomic E-state index is 13.4. The maximum Gasteiger partial charge on any atom is 0.293 e. The Hall–Kier alpha value is -3.88. The van der Waals surface area contributed by atoms with Crippen LogP contribution in [0.3, 0.4) is 0 Å². The van der Waals surface area contributed by atoms with Gasteiger partial charge in [-0.1, -0.05) is 18.6 Å². The van der Waals surface area contributed by atoms with Gasteiger partial charge in [0.25, 0.3) is 5.91 Å². The van der Waals surface area contributed by atoms with Gasteiger partial charge in [-0.15, -0.1) is 5.10 Å². The number of benzene rings is 2. The van der Waals surface area contributed by atoms with Crippen molar-refractivity contribution in [3.8, 4) is 16.9 Å². The van der Waals surface area contributed by atoms with Crippen LogP contribution < -0.4 is 0 Å². The van der Waals surface area contributed by atoms with Crippen molar-refractivity contribution in [2.75, 3.05) is 13.6 Å². The summed E-state index contributed by atoms with van der Waals surface area (Å²) in [4.78, 5) is 18.6. The third-order valence-electron chi connectivity index (χ3n) is 5.57. The second-order valence-electron chi connectivity index (χ2n) is 8.20. The minimum absolute atomic E-state index is 0.117. The lowest BCUT2D eigenvalue weighted by atomic mass is 10.1. The summed E-state index contributed by atoms with van der Waals surface area (Å²) < 4.78 is 28.1. The molecule has 0 aliphatic heterocycles. The second-order valence-corrected chi connectivity index (χ2v) is 8.20. The van der Waals surface area contributed by atoms with E-state index in [-0.39, 0.29) is 23.4 Å². The van der Waals surface area contributed by atoms with Gasteiger partial charge in [-0.2, -0.15) is 5.10 Å². The standard InChI is InChI=1S/C25H26F2N6O/c1-17-28-24(31-33(17)22-12-10-19(26)11-13-22)25(34)32(2)14-5-3-4-9-21-16-23(30-29-21)18-7-6-8-20(27)15-18/h6-8,10-13,15-16H,3-5,9,14H2,1-2H3,(H,29,30). The predicted molar refractivity (Wildman–Crippen MR) is 125 cm³/mol. The van der Waals surface area contributed by atoms with E-state index < -0.39 is 0 Å². The zero-order chi connectivity index (χ0) is 24.1. The molecule has 4 aromatic rings. The summed E-state index contributed by atoms with van der Waals surface area (Å²) in [5.41, 5.74) is 3.11. The smallest absolute Gasteiger partial charge is 0.293 e. The number of carbonyl (C=O) groups is 1. The molecule has 9 heteroatoms. The average Bonchev–Trinajstić information content (AvgIpc) is 3.46. The van der Waals surface area contributed by atoms with E-state index in [0.29, 0.717) is 18.1 Å². The minimum atomic E-state index is -0.336. The molecule has 1 N–H and O–H groups in total. The molecule has 0 atom stereocenters. The van der Waals surface area contributed by atoms with Gasteiger partial charge in [0.2, 0.25) is 5.82 Å². The monoisotopic (exact) mass is 464 g/mol. The van der Waals surface area contributed by atoms with E-state index in [1.165, 1.54) is 28.9 Å². The third kappa shape index (κ3) is 5.54. The molecule has 0 aliphatic carbocycles. The summed E-state index contributed by atoms with van der Waals surface area (Å²) in [5, 5.41) is 11.6. The van der Waals surface area contributed by atoms with Crippen LogP contribution in [0.2, 0.25) is 0 Å². The fraction of sp³-hybridized carbons (Fsp3) is 0.280. The number of hydrogen-bond donors (Lipinski definition) is 1. The molecule has 0 aliphatic rings. The summed E-state index contributed by atoms with van der Waals surface area (Å²) in [6.07, 6.45) is 3.53. The van der Waals surface area contributed by atoms with Crippen LogP contribution in [0.5, 0.6) is 0 Å². The molecular weight excluding hydrogens is 438 g/mol. The highest BCUT2D eigenvalue weighted by Gasteiger charge is 2.19. The zero-order valence-electron chi connectivity index (χ0n) is 19.1. The van der Waals surface area contributed by atoms with Crippen LogP contribution in [-0.4, -0.2) is 49.4 Å². The van der Waals surface area contributed by atoms with Crippen LogP contribution in [0.15, 0.2) is 54.6 Å². The fourth-order valence-corrected chi connectivity index (χ4v) is 3.71. The van der Waals surface area contributed by atoms with Crippen LogP contribution >= 0.6 is 0 Å². The van der Waals surface area contributed by atoms with E-state index in [1.807, 2.05) is 12.1 Å². The quantitative estimate of drug-likeness (QED) is 0.363. The first kappa shape index (κ1) is 23.3. The number of aryl methyl sites for hydroxylation is 2. The summed E-state index contributed by atoms with van der Waals surface area (Å²) in [6.45, 7) is 2.34. The highest BCUT2D eigenvalue weighted by molar-refractivity contribution is 5.90. The van der Waals surface area contributed by atoms with E-state index in [9.17, 15) is 13.6 Å². The predicted octanol–water partition coefficient (Wildman–Crippen LogP) is 4.73. The van der Waals surface area contributed by atoms with E-state index in [2.05, 4.69) is 20.3 Å². The Morgan fingerprint density at radius 2 is 1.82 bits per heavy atom. The lowest BCUT2D eigenvalue weighted by Crippen LogP contribution is -2.28. The highest BCUT2D eigenvalue weighted by atomic mass is 19.1. The first-order valence-corrected chi connectivity index (χ1v) is 11.2. The van der Waals surface area contributed by atoms with Crippen LogP contribution in [0.1, 0.15) is 41.4 Å². The average molecular weight is 465 g/mol. The Labute approximate surface area is 196 Å². The molecule has 7 nitrogen and oxygen atoms in total. The van der Waals surface area contributed by atoms with Crippen LogP contribution in [0, 0.1) is 18.6 Å². The number of rotatable bonds is 9. The molecule has 0 fully saturated rings. The largest absolute Gasteiger partial charge is 0.339 e. The van der Waals surface area contributed by atoms with Crippen molar-refractivity contribution >= 4 is 5.91 Å². The van der Waals surface area contributed by atoms with Crippen molar-refractivity contribution in [2.45, 2.75) is 32.6 Å². The molecule has 0 bridgehead atoms. The zero-order valence-corrected chi connectivity index (χ0v) is 19.1. The molecular formula is C25H26F2N6O. The first-order valence-electron chi connectivity index (χ1n) is 11.2. The SMILES string of the molecule is Cc1nc(C(=O)N(C)CCCCCc2cc(-c3cccc(F)c3)n[nH]2)nn1-c1ccc(F)cc1. The molecule has 0 saturated heterocycles. The number of halogens is 2. The van der Waals surface area contributed by atoms with Crippen molar-refractivity contribution in [3.05, 3.63) is 83.6 Å². The number of aromatic amines is 1. The van der Waals surface area contributed by atoms with Gasteiger partial charge in [0.15, 0.2) is 0 Å². The minimum Gasteiger partial charge on any atom is -0.339 e. The normalized spacial score (nSPS) is 11.1. The van der Waals surface area contributed by atoms with Crippen molar-refractivity contribution in [1.29, 1.82) is 0 Å². The molecule has 1 amide bonds. The Balaban J connectivity index is 1.24. The number of hydrogen-bond acceptors (Lipinski definition) is 4. The summed E-state index contributed by atoms with van der Waals surface area (Å²) in [6, 6.07) is 14.2. The molecule has 0 unspecified atom stereocenters. The molecule has 2 aromatic carbocycles. The second kappa shape index (κ2) is 10.4. The van der Waals surface area contributed by atoms with Gasteiger partial charge < -0.3 is 4.90 Å². The lowest BCUT2D eigenvalue weighted by Gasteiger charge is -2.14. The highest BCUT2D eigenvalue weighted by Crippen LogP contribution is 2.19. The molecule has 2 aromatic heterocycles. The van der Waals surface area contributed by atoms with Gasteiger partial charge in [0, 0.05) is 24.8 Å². The summed E-state index contributed by atoms with van der Waals surface area (Å²) in [5.74, 6) is -0.199. The van der Waals surface area contributed by atoms with Crippen molar-refractivity contribution in [1.82, 2.24) is 29.9 Å². The molecule has 0 saturated carbocycles. The summed E-state index contributed by atoms with van der Waals surface area (Å²) >= 11 is 0. The van der Waals surface area contributed by atoms with Crippen molar-refractivity contribution in [2.24, 2.45) is 0 Å². The van der Waals surface area contributed by atoms with Gasteiger partial charge in [-0.25, -0.2) is 18.4 Å². The van der Waals surface area contributed by atoms with Gasteiger partial charge in [0.1, 0.15) is 17.5 Å². The summed E-state index contributed by atoms with van der Waals surface area (Å²) in [7, 11) is 1.73. The molecule has 176 valence electrons. The van der Waals surface area contributed by atoms with Crippen LogP contribution in [0.4, 0.5) is 8.78 Å². The fourth-order valence-electron chi connectivity index (χ4n) is 3.71. The molecule has 0 spiro atoms. The Bertz CT molecular complexity index is 1260. The van der Waals surface area contributed by atoms with Gasteiger partial charge in [-0.3, -0.25) is 9.89 Å². The number of aromatic nitrogens is 5. The van der Waals surface area contributed by atoms with E-state index in [1.54, 1.807) is 37.1 Å². The Kier molecular flexibility index (Phi) is 7.10. The van der Waals surface area contributed by atoms with Crippen molar-refractivity contribution in [3.63, 3.8) is 0 Å². The van der Waals surface area contributed by atoms with Crippen LogP contribution in [-0.2, 0) is 6.42 Å². The van der Waals surface area contributed by atoms with E-state index >= 15 is 0 Å². The third-order valence-corrected chi connectivity index (χ3v) is 5.57. The number of carbonyl (C=O) groups excluding carboxylic acids is 1. The Morgan fingerprint density at radius 1 is 1.03 bits per heavy atom. The van der Waals surface area contributed by atoms with Crippen LogP contribution in [0.25, 0.3) is 16.9 Å². The first-order chi connectivity index (χ1) is 16.4. The van der Waals surface area contributed by atoms with Crippen molar-refractivity contribution < 1.29 is 13.6 Å². The molecule has 4 rings (SSSR count). The maximum absolute atomic E-state index is 13.4. The topological polar surface area (TPSA) is 79.7 Å². The molecule has 2 heterocycles. The number of nitrogens with one attached hydrogen (secondary N) is 1. The Morgan fingerprint density at radius 3 is 2.59 bits per heavy atom. The number of H-pyrrole nitrogens is 1. The lowest BCUT2D eigenvalue weighted by molar-refractivity contribution is 0.0780. The van der Waals surface area contributed by atoms with Gasteiger partial charge in [-0.05, 0) is 68.7 Å². The van der Waals surface area contributed by atoms with E-state index in [0.717, 1.165) is 42.6 Å². The van der Waals surface area contributed by atoms with E-state index in [4.69, 9.17) is 0 Å². The number of nitrogens with zero attached hydrogens (tertiary/aromatic N) is 5. The molecule has 34 heavy (non-hydrogen) atoms. The van der Waals surface area contributed by atoms with Gasteiger partial charge >= 0.3 is 0 Å². The number of unbranched alkanes of at least 4 members (excludes halogenated alkanes) is 2. The number of amides is 1. The van der Waals surface area contributed by atoms with Gasteiger partial charge in [0.05, 0.1) is 11.4 Å². The molecule has 0 radical (unpaired) electrons.